The maximum absolute atomic E-state index is 12.0. The first-order chi connectivity index (χ1) is 9.61. The van der Waals surface area contributed by atoms with Gasteiger partial charge in [-0.1, -0.05) is 43.4 Å². The SMILES string of the molecule is CCc1occc1C(=O)NCc1ccc(C(N)=S)cc1. The van der Waals surface area contributed by atoms with Gasteiger partial charge in [0.25, 0.3) is 5.91 Å². The van der Waals surface area contributed by atoms with Gasteiger partial charge in [0.1, 0.15) is 10.7 Å². The lowest BCUT2D eigenvalue weighted by atomic mass is 10.1. The molecule has 2 aromatic rings. The van der Waals surface area contributed by atoms with Crippen molar-refractivity contribution in [2.45, 2.75) is 19.9 Å². The van der Waals surface area contributed by atoms with Crippen molar-refractivity contribution < 1.29 is 9.21 Å². The fraction of sp³-hybridized carbons (Fsp3) is 0.200. The van der Waals surface area contributed by atoms with Crippen molar-refractivity contribution >= 4 is 23.1 Å². The third-order valence-corrected chi connectivity index (χ3v) is 3.24. The standard InChI is InChI=1S/C15H16N2O2S/c1-2-13-12(7-8-19-13)15(18)17-9-10-3-5-11(6-4-10)14(16)20/h3-8H,2,9H2,1H3,(H2,16,20)(H,17,18). The van der Waals surface area contributed by atoms with Crippen LogP contribution in [0.2, 0.25) is 0 Å². The van der Waals surface area contributed by atoms with Gasteiger partial charge in [-0.2, -0.15) is 0 Å². The molecule has 3 N–H and O–H groups in total. The molecular formula is C15H16N2O2S. The normalized spacial score (nSPS) is 10.2. The molecule has 0 saturated heterocycles. The van der Waals surface area contributed by atoms with Crippen molar-refractivity contribution in [3.63, 3.8) is 0 Å². The van der Waals surface area contributed by atoms with Crippen molar-refractivity contribution in [2.24, 2.45) is 5.73 Å². The molecule has 0 radical (unpaired) electrons. The van der Waals surface area contributed by atoms with E-state index in [1.165, 1.54) is 6.26 Å². The lowest BCUT2D eigenvalue weighted by molar-refractivity contribution is 0.0949. The highest BCUT2D eigenvalue weighted by Crippen LogP contribution is 2.11. The van der Waals surface area contributed by atoms with E-state index in [1.54, 1.807) is 6.07 Å². The summed E-state index contributed by atoms with van der Waals surface area (Å²) in [4.78, 5) is 12.4. The molecule has 0 unspecified atom stereocenters. The van der Waals surface area contributed by atoms with E-state index in [0.717, 1.165) is 11.1 Å². The van der Waals surface area contributed by atoms with E-state index in [4.69, 9.17) is 22.4 Å². The van der Waals surface area contributed by atoms with E-state index in [1.807, 2.05) is 31.2 Å². The minimum Gasteiger partial charge on any atom is -0.469 e. The van der Waals surface area contributed by atoms with Crippen LogP contribution in [-0.2, 0) is 13.0 Å². The van der Waals surface area contributed by atoms with Gasteiger partial charge in [-0.3, -0.25) is 4.79 Å². The van der Waals surface area contributed by atoms with E-state index in [-0.39, 0.29) is 5.91 Å². The van der Waals surface area contributed by atoms with Crippen LogP contribution in [-0.4, -0.2) is 10.9 Å². The zero-order chi connectivity index (χ0) is 14.5. The minimum atomic E-state index is -0.131. The summed E-state index contributed by atoms with van der Waals surface area (Å²) < 4.78 is 5.24. The van der Waals surface area contributed by atoms with Crippen LogP contribution < -0.4 is 11.1 Å². The summed E-state index contributed by atoms with van der Waals surface area (Å²) >= 11 is 4.89. The second-order valence-corrected chi connectivity index (χ2v) is 4.79. The number of hydrogen-bond donors (Lipinski definition) is 2. The molecule has 0 atom stereocenters. The number of hydrogen-bond acceptors (Lipinski definition) is 3. The maximum Gasteiger partial charge on any atom is 0.255 e. The van der Waals surface area contributed by atoms with Crippen LogP contribution in [0, 0.1) is 0 Å². The Balaban J connectivity index is 1.98. The van der Waals surface area contributed by atoms with Crippen LogP contribution in [0.15, 0.2) is 41.0 Å². The monoisotopic (exact) mass is 288 g/mol. The molecule has 0 aliphatic heterocycles. The third-order valence-electron chi connectivity index (χ3n) is 3.00. The predicted molar refractivity (Wildman–Crippen MR) is 81.6 cm³/mol. The summed E-state index contributed by atoms with van der Waals surface area (Å²) in [7, 11) is 0. The molecule has 20 heavy (non-hydrogen) atoms. The maximum atomic E-state index is 12.0. The highest BCUT2D eigenvalue weighted by atomic mass is 32.1. The molecule has 104 valence electrons. The van der Waals surface area contributed by atoms with Crippen LogP contribution in [0.3, 0.4) is 0 Å². The van der Waals surface area contributed by atoms with Crippen LogP contribution in [0.1, 0.15) is 34.2 Å². The van der Waals surface area contributed by atoms with Crippen molar-refractivity contribution in [3.05, 3.63) is 59.0 Å². The molecule has 0 bridgehead atoms. The zero-order valence-electron chi connectivity index (χ0n) is 11.2. The van der Waals surface area contributed by atoms with E-state index in [9.17, 15) is 4.79 Å². The summed E-state index contributed by atoms with van der Waals surface area (Å²) in [6, 6.07) is 9.16. The average Bonchev–Trinajstić information content (AvgIpc) is 2.93. The van der Waals surface area contributed by atoms with Gasteiger partial charge < -0.3 is 15.5 Å². The summed E-state index contributed by atoms with van der Waals surface area (Å²) in [6.07, 6.45) is 2.23. The van der Waals surface area contributed by atoms with Gasteiger partial charge in [-0.25, -0.2) is 0 Å². The fourth-order valence-corrected chi connectivity index (χ4v) is 2.02. The number of carbonyl (C=O) groups excluding carboxylic acids is 1. The number of rotatable bonds is 5. The molecule has 4 nitrogen and oxygen atoms in total. The fourth-order valence-electron chi connectivity index (χ4n) is 1.88. The van der Waals surface area contributed by atoms with Gasteiger partial charge in [0, 0.05) is 18.5 Å². The van der Waals surface area contributed by atoms with Crippen molar-refractivity contribution in [1.29, 1.82) is 0 Å². The lowest BCUT2D eigenvalue weighted by Crippen LogP contribution is -2.23. The summed E-state index contributed by atoms with van der Waals surface area (Å²) in [5.41, 5.74) is 7.93. The Morgan fingerprint density at radius 3 is 2.60 bits per heavy atom. The molecule has 0 fully saturated rings. The van der Waals surface area contributed by atoms with E-state index >= 15 is 0 Å². The Hall–Kier alpha value is -2.14. The molecule has 1 aromatic heterocycles. The molecule has 0 saturated carbocycles. The van der Waals surface area contributed by atoms with Crippen LogP contribution in [0.25, 0.3) is 0 Å². The summed E-state index contributed by atoms with van der Waals surface area (Å²) in [5.74, 6) is 0.570. The Bertz CT molecular complexity index is 617. The Labute approximate surface area is 123 Å². The largest absolute Gasteiger partial charge is 0.469 e. The number of aryl methyl sites for hydroxylation is 1. The summed E-state index contributed by atoms with van der Waals surface area (Å²) in [5, 5.41) is 2.86. The Morgan fingerprint density at radius 2 is 2.00 bits per heavy atom. The molecule has 0 aliphatic rings. The van der Waals surface area contributed by atoms with E-state index < -0.39 is 0 Å². The number of carbonyl (C=O) groups is 1. The number of nitrogens with two attached hydrogens (primary N) is 1. The molecule has 2 rings (SSSR count). The molecule has 1 amide bonds. The number of benzene rings is 1. The van der Waals surface area contributed by atoms with Gasteiger partial charge in [0.2, 0.25) is 0 Å². The first-order valence-corrected chi connectivity index (χ1v) is 6.76. The Morgan fingerprint density at radius 1 is 1.30 bits per heavy atom. The predicted octanol–water partition coefficient (Wildman–Crippen LogP) is 2.41. The second kappa shape index (κ2) is 6.34. The van der Waals surface area contributed by atoms with Gasteiger partial charge in [0.05, 0.1) is 11.8 Å². The Kier molecular flexibility index (Phi) is 4.53. The number of furan rings is 1. The number of nitrogens with one attached hydrogen (secondary N) is 1. The first-order valence-electron chi connectivity index (χ1n) is 6.35. The average molecular weight is 288 g/mol. The van der Waals surface area contributed by atoms with Crippen LogP contribution in [0.5, 0.6) is 0 Å². The molecule has 5 heteroatoms. The molecular weight excluding hydrogens is 272 g/mol. The third kappa shape index (κ3) is 3.24. The second-order valence-electron chi connectivity index (χ2n) is 4.35. The number of amides is 1. The van der Waals surface area contributed by atoms with Crippen LogP contribution in [0.4, 0.5) is 0 Å². The lowest BCUT2D eigenvalue weighted by Gasteiger charge is -2.06. The topological polar surface area (TPSA) is 68.3 Å². The first kappa shape index (κ1) is 14.3. The van der Waals surface area contributed by atoms with E-state index in [0.29, 0.717) is 29.3 Å². The van der Waals surface area contributed by atoms with Gasteiger partial charge >= 0.3 is 0 Å². The van der Waals surface area contributed by atoms with Gasteiger partial charge in [0.15, 0.2) is 0 Å². The quantitative estimate of drug-likeness (QED) is 0.829. The van der Waals surface area contributed by atoms with Gasteiger partial charge in [-0.05, 0) is 11.6 Å². The van der Waals surface area contributed by atoms with E-state index in [2.05, 4.69) is 5.32 Å². The number of thiocarbonyl (C=S) groups is 1. The zero-order valence-corrected chi connectivity index (χ0v) is 12.0. The van der Waals surface area contributed by atoms with Crippen molar-refractivity contribution in [2.75, 3.05) is 0 Å². The van der Waals surface area contributed by atoms with Crippen molar-refractivity contribution in [3.8, 4) is 0 Å². The molecule has 1 aromatic carbocycles. The van der Waals surface area contributed by atoms with Crippen molar-refractivity contribution in [1.82, 2.24) is 5.32 Å². The summed E-state index contributed by atoms with van der Waals surface area (Å²) in [6.45, 7) is 2.40. The highest BCUT2D eigenvalue weighted by molar-refractivity contribution is 7.80. The highest BCUT2D eigenvalue weighted by Gasteiger charge is 2.12. The molecule has 0 aliphatic carbocycles. The van der Waals surface area contributed by atoms with Crippen LogP contribution >= 0.6 is 12.2 Å². The molecule has 1 heterocycles. The minimum absolute atomic E-state index is 0.131. The van der Waals surface area contributed by atoms with Gasteiger partial charge in [-0.15, -0.1) is 0 Å². The molecule has 0 spiro atoms. The smallest absolute Gasteiger partial charge is 0.255 e.